The fourth-order valence-corrected chi connectivity index (χ4v) is 1.10. The van der Waals surface area contributed by atoms with Gasteiger partial charge in [0.1, 0.15) is 17.7 Å². The van der Waals surface area contributed by atoms with Crippen LogP contribution in [0.2, 0.25) is 0 Å². The van der Waals surface area contributed by atoms with Gasteiger partial charge in [-0.15, -0.1) is 0 Å². The molecule has 0 unspecified atom stereocenters. The zero-order valence-electron chi connectivity index (χ0n) is 7.50. The molecule has 0 saturated carbocycles. The number of epoxide rings is 1. The van der Waals surface area contributed by atoms with Crippen molar-refractivity contribution in [3.8, 4) is 0 Å². The number of rotatable bonds is 4. The van der Waals surface area contributed by atoms with E-state index in [0.717, 1.165) is 6.07 Å². The molecule has 76 valence electrons. The molecule has 1 saturated heterocycles. The van der Waals surface area contributed by atoms with E-state index in [1.807, 2.05) is 0 Å². The highest BCUT2D eigenvalue weighted by Gasteiger charge is 2.22. The molecule has 0 amide bonds. The Balaban J connectivity index is 1.87. The minimum atomic E-state index is -0.572. The molecule has 1 aromatic carbocycles. The highest BCUT2D eigenvalue weighted by molar-refractivity contribution is 5.17. The largest absolute Gasteiger partial charge is 0.374 e. The van der Waals surface area contributed by atoms with Crippen molar-refractivity contribution in [3.63, 3.8) is 0 Å². The van der Waals surface area contributed by atoms with Gasteiger partial charge in [0.2, 0.25) is 0 Å². The molecular formula is C10H10F2O2. The fraction of sp³-hybridized carbons (Fsp3) is 0.400. The molecule has 0 radical (unpaired) electrons. The maximum atomic E-state index is 13.0. The Hall–Kier alpha value is -1.00. The molecule has 14 heavy (non-hydrogen) atoms. The van der Waals surface area contributed by atoms with Crippen LogP contribution in [0.5, 0.6) is 0 Å². The van der Waals surface area contributed by atoms with E-state index in [0.29, 0.717) is 18.8 Å². The average Bonchev–Trinajstić information content (AvgIpc) is 2.92. The van der Waals surface area contributed by atoms with Gasteiger partial charge in [0, 0.05) is 11.6 Å². The second kappa shape index (κ2) is 4.02. The van der Waals surface area contributed by atoms with Gasteiger partial charge < -0.3 is 9.47 Å². The van der Waals surface area contributed by atoms with Crippen LogP contribution >= 0.6 is 0 Å². The van der Waals surface area contributed by atoms with Gasteiger partial charge in [-0.25, -0.2) is 8.78 Å². The summed E-state index contributed by atoms with van der Waals surface area (Å²) in [7, 11) is 0. The van der Waals surface area contributed by atoms with Crippen molar-refractivity contribution in [3.05, 3.63) is 35.4 Å². The first-order chi connectivity index (χ1) is 6.75. The predicted molar refractivity (Wildman–Crippen MR) is 45.8 cm³/mol. The molecule has 4 heteroatoms. The third-order valence-electron chi connectivity index (χ3n) is 1.98. The maximum absolute atomic E-state index is 13.0. The molecule has 0 N–H and O–H groups in total. The Labute approximate surface area is 80.4 Å². The number of hydrogen-bond donors (Lipinski definition) is 0. The van der Waals surface area contributed by atoms with Crippen molar-refractivity contribution in [2.24, 2.45) is 0 Å². The molecule has 1 fully saturated rings. The quantitative estimate of drug-likeness (QED) is 0.692. The van der Waals surface area contributed by atoms with E-state index in [2.05, 4.69) is 0 Å². The Bertz CT molecular complexity index is 324. The van der Waals surface area contributed by atoms with Gasteiger partial charge in [-0.1, -0.05) is 6.07 Å². The summed E-state index contributed by atoms with van der Waals surface area (Å²) in [5.74, 6) is -1.14. The highest BCUT2D eigenvalue weighted by Crippen LogP contribution is 2.13. The van der Waals surface area contributed by atoms with Gasteiger partial charge in [0.25, 0.3) is 0 Å². The van der Waals surface area contributed by atoms with E-state index >= 15 is 0 Å². The molecule has 1 heterocycles. The van der Waals surface area contributed by atoms with Gasteiger partial charge in [-0.2, -0.15) is 0 Å². The van der Waals surface area contributed by atoms with Gasteiger partial charge in [-0.3, -0.25) is 0 Å². The van der Waals surface area contributed by atoms with Crippen LogP contribution in [-0.4, -0.2) is 19.3 Å². The lowest BCUT2D eigenvalue weighted by Crippen LogP contribution is -2.02. The second-order valence-corrected chi connectivity index (χ2v) is 3.21. The third kappa shape index (κ3) is 2.49. The first-order valence-corrected chi connectivity index (χ1v) is 4.39. The van der Waals surface area contributed by atoms with E-state index in [9.17, 15) is 8.78 Å². The summed E-state index contributed by atoms with van der Waals surface area (Å²) in [4.78, 5) is 0. The van der Waals surface area contributed by atoms with Crippen molar-refractivity contribution < 1.29 is 18.3 Å². The summed E-state index contributed by atoms with van der Waals surface area (Å²) in [6.45, 7) is 1.34. The van der Waals surface area contributed by atoms with Gasteiger partial charge in [-0.05, 0) is 6.07 Å². The van der Waals surface area contributed by atoms with Crippen molar-refractivity contribution in [2.45, 2.75) is 12.7 Å². The van der Waals surface area contributed by atoms with Crippen LogP contribution in [0.15, 0.2) is 18.2 Å². The molecule has 1 aliphatic heterocycles. The highest BCUT2D eigenvalue weighted by atomic mass is 19.1. The number of benzene rings is 1. The molecule has 2 rings (SSSR count). The Kier molecular flexibility index (Phi) is 2.74. The van der Waals surface area contributed by atoms with E-state index in [4.69, 9.17) is 9.47 Å². The summed E-state index contributed by atoms with van der Waals surface area (Å²) in [5, 5.41) is 0. The summed E-state index contributed by atoms with van der Waals surface area (Å²) < 4.78 is 35.6. The Morgan fingerprint density at radius 1 is 1.43 bits per heavy atom. The lowest BCUT2D eigenvalue weighted by atomic mass is 10.2. The molecule has 1 atom stereocenters. The van der Waals surface area contributed by atoms with Crippen LogP contribution < -0.4 is 0 Å². The lowest BCUT2D eigenvalue weighted by Gasteiger charge is -2.03. The van der Waals surface area contributed by atoms with Crippen molar-refractivity contribution in [1.29, 1.82) is 0 Å². The zero-order chi connectivity index (χ0) is 9.97. The van der Waals surface area contributed by atoms with Gasteiger partial charge in [0.15, 0.2) is 0 Å². The molecule has 0 bridgehead atoms. The molecule has 0 aliphatic carbocycles. The monoisotopic (exact) mass is 200 g/mol. The SMILES string of the molecule is Fc1ccc(COC[C@H]2CO2)c(F)c1. The minimum Gasteiger partial charge on any atom is -0.374 e. The first-order valence-electron chi connectivity index (χ1n) is 4.39. The van der Waals surface area contributed by atoms with E-state index in [1.165, 1.54) is 12.1 Å². The third-order valence-corrected chi connectivity index (χ3v) is 1.98. The predicted octanol–water partition coefficient (Wildman–Crippen LogP) is 1.88. The standard InChI is InChI=1S/C10H10F2O2/c11-8-2-1-7(10(12)3-8)4-13-5-9-6-14-9/h1-3,9H,4-6H2/t9-/m0/s1. The fourth-order valence-electron chi connectivity index (χ4n) is 1.10. The van der Waals surface area contributed by atoms with Gasteiger partial charge >= 0.3 is 0 Å². The zero-order valence-corrected chi connectivity index (χ0v) is 7.50. The van der Waals surface area contributed by atoms with Crippen LogP contribution in [0, 0.1) is 11.6 Å². The van der Waals surface area contributed by atoms with Crippen LogP contribution in [0.25, 0.3) is 0 Å². The molecular weight excluding hydrogens is 190 g/mol. The molecule has 0 spiro atoms. The number of halogens is 2. The Morgan fingerprint density at radius 2 is 2.21 bits per heavy atom. The van der Waals surface area contributed by atoms with Crippen molar-refractivity contribution >= 4 is 0 Å². The van der Waals surface area contributed by atoms with E-state index in [1.54, 1.807) is 0 Å². The summed E-state index contributed by atoms with van der Waals surface area (Å²) in [5.41, 5.74) is 0.368. The normalized spacial score (nSPS) is 19.7. The van der Waals surface area contributed by atoms with E-state index < -0.39 is 11.6 Å². The summed E-state index contributed by atoms with van der Waals surface area (Å²) in [6.07, 6.45) is 0.165. The Morgan fingerprint density at radius 3 is 2.86 bits per heavy atom. The topological polar surface area (TPSA) is 21.8 Å². The van der Waals surface area contributed by atoms with Crippen LogP contribution in [0.3, 0.4) is 0 Å². The molecule has 0 aromatic heterocycles. The average molecular weight is 200 g/mol. The van der Waals surface area contributed by atoms with Crippen molar-refractivity contribution in [2.75, 3.05) is 13.2 Å². The summed E-state index contributed by atoms with van der Waals surface area (Å²) in [6, 6.07) is 3.46. The molecule has 2 nitrogen and oxygen atoms in total. The van der Waals surface area contributed by atoms with Crippen LogP contribution in [-0.2, 0) is 16.1 Å². The molecule has 1 aliphatic rings. The van der Waals surface area contributed by atoms with Gasteiger partial charge in [0.05, 0.1) is 19.8 Å². The van der Waals surface area contributed by atoms with Crippen LogP contribution in [0.4, 0.5) is 8.78 Å². The smallest absolute Gasteiger partial charge is 0.131 e. The van der Waals surface area contributed by atoms with Crippen molar-refractivity contribution in [1.82, 2.24) is 0 Å². The molecule has 1 aromatic rings. The van der Waals surface area contributed by atoms with E-state index in [-0.39, 0.29) is 12.7 Å². The lowest BCUT2D eigenvalue weighted by molar-refractivity contribution is 0.102. The van der Waals surface area contributed by atoms with Crippen LogP contribution in [0.1, 0.15) is 5.56 Å². The number of hydrogen-bond acceptors (Lipinski definition) is 2. The maximum Gasteiger partial charge on any atom is 0.131 e. The summed E-state index contributed by atoms with van der Waals surface area (Å²) >= 11 is 0. The minimum absolute atomic E-state index is 0.159. The first kappa shape index (κ1) is 9.55. The second-order valence-electron chi connectivity index (χ2n) is 3.21. The number of ether oxygens (including phenoxy) is 2.